The molecule has 1 aromatic carbocycles. The first-order valence-electron chi connectivity index (χ1n) is 7.03. The number of benzene rings is 1. The Morgan fingerprint density at radius 1 is 1.24 bits per heavy atom. The van der Waals surface area contributed by atoms with Crippen molar-refractivity contribution in [2.24, 2.45) is 0 Å². The number of amides is 1. The van der Waals surface area contributed by atoms with Gasteiger partial charge in [-0.15, -0.1) is 0 Å². The van der Waals surface area contributed by atoms with Crippen LogP contribution in [0.5, 0.6) is 0 Å². The van der Waals surface area contributed by atoms with Gasteiger partial charge in [0.1, 0.15) is 5.82 Å². The summed E-state index contributed by atoms with van der Waals surface area (Å²) in [6, 6.07) is 13.5. The van der Waals surface area contributed by atoms with Crippen LogP contribution in [0.4, 0.5) is 5.69 Å². The second-order valence-corrected chi connectivity index (χ2v) is 5.01. The number of rotatable bonds is 3. The molecular weight excluding hydrogens is 262 g/mol. The van der Waals surface area contributed by atoms with Crippen molar-refractivity contribution in [3.63, 3.8) is 0 Å². The van der Waals surface area contributed by atoms with Gasteiger partial charge in [-0.1, -0.05) is 25.1 Å². The smallest absolute Gasteiger partial charge is 0.276 e. The first-order valence-corrected chi connectivity index (χ1v) is 7.03. The van der Waals surface area contributed by atoms with Gasteiger partial charge in [-0.2, -0.15) is 0 Å². The number of nitrogens with one attached hydrogen (secondary N) is 1. The average molecular weight is 279 g/mol. The van der Waals surface area contributed by atoms with Crippen LogP contribution in [0.2, 0.25) is 0 Å². The zero-order chi connectivity index (χ0) is 14.8. The van der Waals surface area contributed by atoms with E-state index in [2.05, 4.69) is 10.3 Å². The molecule has 0 bridgehead atoms. The molecule has 1 N–H and O–H groups in total. The van der Waals surface area contributed by atoms with Crippen molar-refractivity contribution in [3.8, 4) is 0 Å². The number of pyridine rings is 1. The van der Waals surface area contributed by atoms with Crippen LogP contribution < -0.4 is 5.32 Å². The topological polar surface area (TPSA) is 46.4 Å². The van der Waals surface area contributed by atoms with Crippen molar-refractivity contribution in [1.29, 1.82) is 0 Å². The summed E-state index contributed by atoms with van der Waals surface area (Å²) in [5.74, 6) is 0.712. The number of nitrogens with zero attached hydrogens (tertiary/aromatic N) is 2. The molecule has 0 atom stereocenters. The van der Waals surface area contributed by atoms with Crippen molar-refractivity contribution in [2.75, 3.05) is 5.32 Å². The maximum absolute atomic E-state index is 12.5. The standard InChI is InChI=1S/C17H17N3O/c1-3-15-19-16(14-9-4-5-10-20(14)15)17(21)18-13-8-6-7-12(2)11-13/h4-11H,3H2,1-2H3,(H,18,21). The lowest BCUT2D eigenvalue weighted by molar-refractivity contribution is 0.102. The number of anilines is 1. The Kier molecular flexibility index (Phi) is 3.44. The van der Waals surface area contributed by atoms with Crippen molar-refractivity contribution >= 4 is 17.1 Å². The fourth-order valence-corrected chi connectivity index (χ4v) is 2.43. The van der Waals surface area contributed by atoms with Gasteiger partial charge < -0.3 is 9.72 Å². The first-order chi connectivity index (χ1) is 10.2. The van der Waals surface area contributed by atoms with E-state index in [-0.39, 0.29) is 5.91 Å². The average Bonchev–Trinajstić information content (AvgIpc) is 2.86. The molecule has 0 saturated heterocycles. The van der Waals surface area contributed by atoms with E-state index < -0.39 is 0 Å². The molecule has 106 valence electrons. The SMILES string of the molecule is CCc1nc(C(=O)Nc2cccc(C)c2)c2ccccn12. The lowest BCUT2D eigenvalue weighted by Gasteiger charge is -2.04. The van der Waals surface area contributed by atoms with Crippen LogP contribution in [0.3, 0.4) is 0 Å². The molecule has 1 amide bonds. The Bertz CT molecular complexity index is 805. The predicted octanol–water partition coefficient (Wildman–Crippen LogP) is 3.46. The predicted molar refractivity (Wildman–Crippen MR) is 83.7 cm³/mol. The summed E-state index contributed by atoms with van der Waals surface area (Å²) in [5.41, 5.74) is 3.19. The molecule has 21 heavy (non-hydrogen) atoms. The van der Waals surface area contributed by atoms with E-state index in [0.717, 1.165) is 29.0 Å². The monoisotopic (exact) mass is 279 g/mol. The Hall–Kier alpha value is -2.62. The number of carbonyl (C=O) groups is 1. The minimum Gasteiger partial charge on any atom is -0.321 e. The second kappa shape index (κ2) is 5.40. The molecule has 3 rings (SSSR count). The highest BCUT2D eigenvalue weighted by Crippen LogP contribution is 2.16. The highest BCUT2D eigenvalue weighted by atomic mass is 16.1. The van der Waals surface area contributed by atoms with Crippen LogP contribution in [0.25, 0.3) is 5.52 Å². The van der Waals surface area contributed by atoms with E-state index in [9.17, 15) is 4.79 Å². The molecular formula is C17H17N3O. The lowest BCUT2D eigenvalue weighted by Crippen LogP contribution is -2.13. The Labute approximate surface area is 123 Å². The maximum Gasteiger partial charge on any atom is 0.276 e. The van der Waals surface area contributed by atoms with Crippen LogP contribution in [-0.4, -0.2) is 15.3 Å². The van der Waals surface area contributed by atoms with Gasteiger partial charge in [0.15, 0.2) is 5.69 Å². The van der Waals surface area contributed by atoms with E-state index in [1.54, 1.807) is 0 Å². The van der Waals surface area contributed by atoms with E-state index >= 15 is 0 Å². The molecule has 0 spiro atoms. The van der Waals surface area contributed by atoms with E-state index in [0.29, 0.717) is 5.69 Å². The molecule has 4 heteroatoms. The van der Waals surface area contributed by atoms with Crippen molar-refractivity contribution in [3.05, 3.63) is 65.7 Å². The highest BCUT2D eigenvalue weighted by Gasteiger charge is 2.16. The van der Waals surface area contributed by atoms with Crippen LogP contribution in [-0.2, 0) is 6.42 Å². The minimum atomic E-state index is -0.177. The summed E-state index contributed by atoms with van der Waals surface area (Å²) in [6.07, 6.45) is 2.72. The lowest BCUT2D eigenvalue weighted by atomic mass is 10.2. The molecule has 3 aromatic rings. The van der Waals surface area contributed by atoms with Gasteiger partial charge >= 0.3 is 0 Å². The van der Waals surface area contributed by atoms with Crippen molar-refractivity contribution in [1.82, 2.24) is 9.38 Å². The van der Waals surface area contributed by atoms with E-state index in [1.807, 2.05) is 66.9 Å². The van der Waals surface area contributed by atoms with Crippen molar-refractivity contribution in [2.45, 2.75) is 20.3 Å². The molecule has 4 nitrogen and oxygen atoms in total. The second-order valence-electron chi connectivity index (χ2n) is 5.01. The summed E-state index contributed by atoms with van der Waals surface area (Å²) < 4.78 is 1.96. The zero-order valence-electron chi connectivity index (χ0n) is 12.1. The maximum atomic E-state index is 12.5. The van der Waals surface area contributed by atoms with Gasteiger partial charge in [0.25, 0.3) is 5.91 Å². The number of aryl methyl sites for hydroxylation is 2. The largest absolute Gasteiger partial charge is 0.321 e. The Morgan fingerprint density at radius 3 is 2.86 bits per heavy atom. The third kappa shape index (κ3) is 2.52. The van der Waals surface area contributed by atoms with E-state index in [4.69, 9.17) is 0 Å². The highest BCUT2D eigenvalue weighted by molar-refractivity contribution is 6.07. The van der Waals surface area contributed by atoms with Gasteiger partial charge in [0.05, 0.1) is 5.52 Å². The number of hydrogen-bond acceptors (Lipinski definition) is 2. The first kappa shape index (κ1) is 13.4. The number of aromatic nitrogens is 2. The molecule has 0 fully saturated rings. The molecule has 0 unspecified atom stereocenters. The third-order valence-electron chi connectivity index (χ3n) is 3.43. The Morgan fingerprint density at radius 2 is 2.10 bits per heavy atom. The molecule has 0 aliphatic carbocycles. The fourth-order valence-electron chi connectivity index (χ4n) is 2.43. The number of carbonyl (C=O) groups excluding carboxylic acids is 1. The molecule has 0 aliphatic heterocycles. The van der Waals surface area contributed by atoms with Gasteiger partial charge in [-0.25, -0.2) is 4.98 Å². The van der Waals surface area contributed by atoms with Crippen LogP contribution in [0.15, 0.2) is 48.7 Å². The fraction of sp³-hybridized carbons (Fsp3) is 0.176. The number of imidazole rings is 1. The summed E-state index contributed by atoms with van der Waals surface area (Å²) in [5, 5.41) is 2.91. The normalized spacial score (nSPS) is 10.8. The van der Waals surface area contributed by atoms with Crippen LogP contribution >= 0.6 is 0 Å². The van der Waals surface area contributed by atoms with Gasteiger partial charge in [-0.3, -0.25) is 4.79 Å². The molecule has 0 saturated carbocycles. The molecule has 2 aromatic heterocycles. The summed E-state index contributed by atoms with van der Waals surface area (Å²) in [7, 11) is 0. The van der Waals surface area contributed by atoms with Gasteiger partial charge in [0.2, 0.25) is 0 Å². The summed E-state index contributed by atoms with van der Waals surface area (Å²) >= 11 is 0. The zero-order valence-corrected chi connectivity index (χ0v) is 12.1. The van der Waals surface area contributed by atoms with Crippen molar-refractivity contribution < 1.29 is 4.79 Å². The van der Waals surface area contributed by atoms with Crippen LogP contribution in [0, 0.1) is 6.92 Å². The number of hydrogen-bond donors (Lipinski definition) is 1. The molecule has 0 aliphatic rings. The summed E-state index contributed by atoms with van der Waals surface area (Å²) in [6.45, 7) is 4.03. The van der Waals surface area contributed by atoms with E-state index in [1.165, 1.54) is 0 Å². The number of fused-ring (bicyclic) bond motifs is 1. The Balaban J connectivity index is 1.98. The molecule has 2 heterocycles. The van der Waals surface area contributed by atoms with Gasteiger partial charge in [-0.05, 0) is 36.8 Å². The minimum absolute atomic E-state index is 0.177. The third-order valence-corrected chi connectivity index (χ3v) is 3.43. The summed E-state index contributed by atoms with van der Waals surface area (Å²) in [4.78, 5) is 17.0. The molecule has 0 radical (unpaired) electrons. The quantitative estimate of drug-likeness (QED) is 0.798. The van der Waals surface area contributed by atoms with Crippen LogP contribution in [0.1, 0.15) is 28.8 Å². The van der Waals surface area contributed by atoms with Gasteiger partial charge in [0, 0.05) is 18.3 Å².